The molecule has 2 aromatic rings. The second-order valence-electron chi connectivity index (χ2n) is 3.75. The molecule has 88 valence electrons. The van der Waals surface area contributed by atoms with Gasteiger partial charge in [-0.2, -0.15) is 5.10 Å². The molecule has 1 aromatic heterocycles. The van der Waals surface area contributed by atoms with Crippen LogP contribution in [0.1, 0.15) is 11.6 Å². The van der Waals surface area contributed by atoms with E-state index in [0.717, 1.165) is 5.56 Å². The molecule has 1 heterocycles. The molecule has 1 amide bonds. The zero-order valence-electron chi connectivity index (χ0n) is 9.50. The van der Waals surface area contributed by atoms with Crippen LogP contribution in [0.4, 0.5) is 5.82 Å². The second-order valence-corrected chi connectivity index (χ2v) is 3.75. The Kier molecular flexibility index (Phi) is 3.20. The van der Waals surface area contributed by atoms with Crippen molar-refractivity contribution in [3.8, 4) is 0 Å². The Hall–Kier alpha value is -2.14. The molecule has 0 aliphatic carbocycles. The summed E-state index contributed by atoms with van der Waals surface area (Å²) in [5.74, 6) is 0.235. The molecular weight excluding hydrogens is 216 g/mol. The lowest BCUT2D eigenvalue weighted by Crippen LogP contribution is -2.27. The van der Waals surface area contributed by atoms with Crippen molar-refractivity contribution in [1.29, 1.82) is 0 Å². The number of rotatable bonds is 3. The Labute approximate surface area is 99.2 Å². The maximum atomic E-state index is 11.8. The van der Waals surface area contributed by atoms with Crippen LogP contribution in [0, 0.1) is 0 Å². The lowest BCUT2D eigenvalue weighted by Gasteiger charge is -2.10. The predicted molar refractivity (Wildman–Crippen MR) is 65.2 cm³/mol. The number of hydrogen-bond acceptors (Lipinski definition) is 3. The Morgan fingerprint density at radius 2 is 2.06 bits per heavy atom. The summed E-state index contributed by atoms with van der Waals surface area (Å²) in [7, 11) is 1.78. The van der Waals surface area contributed by atoms with Gasteiger partial charge in [0.15, 0.2) is 5.82 Å². The van der Waals surface area contributed by atoms with E-state index in [-0.39, 0.29) is 5.91 Å². The molecule has 0 unspecified atom stereocenters. The van der Waals surface area contributed by atoms with E-state index in [1.165, 1.54) is 0 Å². The molecule has 1 aromatic carbocycles. The van der Waals surface area contributed by atoms with Crippen molar-refractivity contribution in [2.24, 2.45) is 12.8 Å². The molecule has 5 nitrogen and oxygen atoms in total. The van der Waals surface area contributed by atoms with Gasteiger partial charge in [-0.25, -0.2) is 0 Å². The van der Waals surface area contributed by atoms with Gasteiger partial charge in [-0.05, 0) is 5.56 Å². The van der Waals surface area contributed by atoms with E-state index in [2.05, 4.69) is 10.4 Å². The lowest BCUT2D eigenvalue weighted by atomic mass is 10.1. The summed E-state index contributed by atoms with van der Waals surface area (Å²) in [6.45, 7) is 0. The smallest absolute Gasteiger partial charge is 0.247 e. The number of benzene rings is 1. The highest BCUT2D eigenvalue weighted by Gasteiger charge is 2.16. The summed E-state index contributed by atoms with van der Waals surface area (Å²) in [4.78, 5) is 11.8. The van der Waals surface area contributed by atoms with Gasteiger partial charge in [0.2, 0.25) is 5.91 Å². The van der Waals surface area contributed by atoms with E-state index < -0.39 is 6.04 Å². The van der Waals surface area contributed by atoms with Gasteiger partial charge < -0.3 is 11.1 Å². The normalized spacial score (nSPS) is 12.1. The fourth-order valence-electron chi connectivity index (χ4n) is 1.50. The average Bonchev–Trinajstić information content (AvgIpc) is 2.75. The number of nitrogens with zero attached hydrogens (tertiary/aromatic N) is 2. The van der Waals surface area contributed by atoms with Gasteiger partial charge in [-0.3, -0.25) is 9.48 Å². The number of nitrogens with two attached hydrogens (primary N) is 1. The third-order valence-corrected chi connectivity index (χ3v) is 2.41. The van der Waals surface area contributed by atoms with Crippen molar-refractivity contribution >= 4 is 11.7 Å². The maximum Gasteiger partial charge on any atom is 0.247 e. The molecular formula is C12H14N4O. The Morgan fingerprint density at radius 1 is 1.35 bits per heavy atom. The molecule has 1 atom stereocenters. The standard InChI is InChI=1S/C12H14N4O/c1-16-8-7-10(15-16)14-12(17)11(13)9-5-3-2-4-6-9/h2-8,11H,13H2,1H3,(H,14,15,17)/t11-/m0/s1. The van der Waals surface area contributed by atoms with E-state index in [4.69, 9.17) is 5.73 Å². The van der Waals surface area contributed by atoms with Crippen LogP contribution < -0.4 is 11.1 Å². The maximum absolute atomic E-state index is 11.8. The van der Waals surface area contributed by atoms with E-state index in [1.54, 1.807) is 24.0 Å². The average molecular weight is 230 g/mol. The SMILES string of the molecule is Cn1ccc(NC(=O)[C@@H](N)c2ccccc2)n1. The van der Waals surface area contributed by atoms with Crippen molar-refractivity contribution in [2.75, 3.05) is 5.32 Å². The minimum absolute atomic E-state index is 0.269. The van der Waals surface area contributed by atoms with Gasteiger partial charge in [0.1, 0.15) is 6.04 Å². The predicted octanol–water partition coefficient (Wildman–Crippen LogP) is 1.06. The van der Waals surface area contributed by atoms with Crippen LogP contribution in [0.2, 0.25) is 0 Å². The molecule has 3 N–H and O–H groups in total. The zero-order chi connectivity index (χ0) is 12.3. The van der Waals surface area contributed by atoms with Crippen molar-refractivity contribution in [1.82, 2.24) is 9.78 Å². The van der Waals surface area contributed by atoms with Crippen molar-refractivity contribution in [2.45, 2.75) is 6.04 Å². The largest absolute Gasteiger partial charge is 0.316 e. The first-order chi connectivity index (χ1) is 8.16. The fourth-order valence-corrected chi connectivity index (χ4v) is 1.50. The van der Waals surface area contributed by atoms with Gasteiger partial charge in [0, 0.05) is 19.3 Å². The monoisotopic (exact) mass is 230 g/mol. The third kappa shape index (κ3) is 2.70. The molecule has 0 radical (unpaired) electrons. The van der Waals surface area contributed by atoms with Gasteiger partial charge >= 0.3 is 0 Å². The van der Waals surface area contributed by atoms with Gasteiger partial charge in [-0.15, -0.1) is 0 Å². The second kappa shape index (κ2) is 4.80. The van der Waals surface area contributed by atoms with Crippen molar-refractivity contribution < 1.29 is 4.79 Å². The number of hydrogen-bond donors (Lipinski definition) is 2. The molecule has 0 fully saturated rings. The molecule has 0 aliphatic heterocycles. The van der Waals surface area contributed by atoms with E-state index in [9.17, 15) is 4.79 Å². The number of aromatic nitrogens is 2. The number of aryl methyl sites for hydroxylation is 1. The molecule has 17 heavy (non-hydrogen) atoms. The number of carbonyl (C=O) groups excluding carboxylic acids is 1. The number of anilines is 1. The quantitative estimate of drug-likeness (QED) is 0.828. The summed E-state index contributed by atoms with van der Waals surface area (Å²) >= 11 is 0. The lowest BCUT2D eigenvalue weighted by molar-refractivity contribution is -0.117. The van der Waals surface area contributed by atoms with Gasteiger partial charge in [0.05, 0.1) is 0 Å². The van der Waals surface area contributed by atoms with Crippen molar-refractivity contribution in [3.63, 3.8) is 0 Å². The van der Waals surface area contributed by atoms with Crippen LogP contribution in [0.3, 0.4) is 0 Å². The molecule has 0 aliphatic rings. The third-order valence-electron chi connectivity index (χ3n) is 2.41. The first-order valence-electron chi connectivity index (χ1n) is 5.28. The fraction of sp³-hybridized carbons (Fsp3) is 0.167. The topological polar surface area (TPSA) is 72.9 Å². The molecule has 0 saturated carbocycles. The summed E-state index contributed by atoms with van der Waals surface area (Å²) in [5, 5.41) is 6.72. The number of amides is 1. The van der Waals surface area contributed by atoms with Gasteiger partial charge in [-0.1, -0.05) is 30.3 Å². The number of carbonyl (C=O) groups is 1. The summed E-state index contributed by atoms with van der Waals surface area (Å²) in [5.41, 5.74) is 6.63. The van der Waals surface area contributed by atoms with Crippen LogP contribution in [0.25, 0.3) is 0 Å². The van der Waals surface area contributed by atoms with Crippen LogP contribution in [0.15, 0.2) is 42.6 Å². The zero-order valence-corrected chi connectivity index (χ0v) is 9.50. The van der Waals surface area contributed by atoms with Crippen LogP contribution in [-0.2, 0) is 11.8 Å². The van der Waals surface area contributed by atoms with Gasteiger partial charge in [0.25, 0.3) is 0 Å². The summed E-state index contributed by atoms with van der Waals surface area (Å²) in [6, 6.07) is 10.3. The molecule has 5 heteroatoms. The van der Waals surface area contributed by atoms with Crippen molar-refractivity contribution in [3.05, 3.63) is 48.2 Å². The highest BCUT2D eigenvalue weighted by molar-refractivity contribution is 5.94. The first kappa shape index (κ1) is 11.3. The number of nitrogens with one attached hydrogen (secondary N) is 1. The summed E-state index contributed by atoms with van der Waals surface area (Å²) in [6.07, 6.45) is 1.75. The molecule has 0 saturated heterocycles. The van der Waals surface area contributed by atoms with E-state index in [1.807, 2.05) is 30.3 Å². The van der Waals surface area contributed by atoms with Crippen LogP contribution in [0.5, 0.6) is 0 Å². The van der Waals surface area contributed by atoms with Crippen LogP contribution >= 0.6 is 0 Å². The Balaban J connectivity index is 2.06. The molecule has 0 bridgehead atoms. The van der Waals surface area contributed by atoms with E-state index >= 15 is 0 Å². The minimum atomic E-state index is -0.682. The van der Waals surface area contributed by atoms with Crippen LogP contribution in [-0.4, -0.2) is 15.7 Å². The van der Waals surface area contributed by atoms with E-state index in [0.29, 0.717) is 5.82 Å². The first-order valence-corrected chi connectivity index (χ1v) is 5.28. The summed E-state index contributed by atoms with van der Waals surface area (Å²) < 4.78 is 1.61. The Bertz CT molecular complexity index is 506. The Morgan fingerprint density at radius 3 is 2.65 bits per heavy atom. The molecule has 0 spiro atoms. The highest BCUT2D eigenvalue weighted by Crippen LogP contribution is 2.12. The highest BCUT2D eigenvalue weighted by atomic mass is 16.2. The minimum Gasteiger partial charge on any atom is -0.316 e. The molecule has 2 rings (SSSR count).